The Bertz CT molecular complexity index is 430. The van der Waals surface area contributed by atoms with Gasteiger partial charge in [-0.15, -0.1) is 0 Å². The van der Waals surface area contributed by atoms with Gasteiger partial charge in [0.25, 0.3) is 0 Å². The Morgan fingerprint density at radius 1 is 1.10 bits per heavy atom. The molecule has 3 heterocycles. The highest BCUT2D eigenvalue weighted by Gasteiger charge is 2.24. The van der Waals surface area contributed by atoms with Crippen LogP contribution in [0.4, 0.5) is 5.69 Å². The van der Waals surface area contributed by atoms with Gasteiger partial charge in [0.1, 0.15) is 0 Å². The smallest absolute Gasteiger partial charge is 0.0622 e. The van der Waals surface area contributed by atoms with Crippen molar-refractivity contribution in [2.45, 2.75) is 37.9 Å². The number of pyridine rings is 1. The molecule has 2 fully saturated rings. The Morgan fingerprint density at radius 3 is 2.50 bits per heavy atom. The molecule has 0 radical (unpaired) electrons. The number of piperidine rings is 1. The quantitative estimate of drug-likeness (QED) is 0.847. The number of hydrogen-bond donors (Lipinski definition) is 0. The maximum Gasteiger partial charge on any atom is 0.0622 e. The third-order valence-electron chi connectivity index (χ3n) is 4.05. The molecule has 110 valence electrons. The Morgan fingerprint density at radius 2 is 1.80 bits per heavy atom. The van der Waals surface area contributed by atoms with E-state index in [9.17, 15) is 0 Å². The van der Waals surface area contributed by atoms with Gasteiger partial charge in [-0.3, -0.25) is 4.98 Å². The van der Waals surface area contributed by atoms with Gasteiger partial charge in [-0.25, -0.2) is 0 Å². The summed E-state index contributed by atoms with van der Waals surface area (Å²) in [4.78, 5) is 6.63. The number of aromatic nitrogens is 1. The number of ether oxygens (including phenoxy) is 2. The van der Waals surface area contributed by atoms with E-state index in [1.54, 1.807) is 0 Å². The molecule has 0 unspecified atom stereocenters. The van der Waals surface area contributed by atoms with E-state index in [0.29, 0.717) is 12.2 Å². The maximum atomic E-state index is 6.21. The fourth-order valence-corrected chi connectivity index (χ4v) is 3.26. The zero-order valence-corrected chi connectivity index (χ0v) is 13.2. The largest absolute Gasteiger partial charge is 0.381 e. The van der Waals surface area contributed by atoms with Crippen LogP contribution in [0.5, 0.6) is 0 Å². The van der Waals surface area contributed by atoms with Crippen LogP contribution in [-0.4, -0.2) is 43.5 Å². The fourth-order valence-electron chi connectivity index (χ4n) is 2.91. The minimum atomic E-state index is 0.410. The number of anilines is 1. The molecule has 0 N–H and O–H groups in total. The first kappa shape index (κ1) is 14.3. The minimum Gasteiger partial charge on any atom is -0.381 e. The van der Waals surface area contributed by atoms with Crippen molar-refractivity contribution in [2.24, 2.45) is 0 Å². The van der Waals surface area contributed by atoms with E-state index in [2.05, 4.69) is 31.9 Å². The summed E-state index contributed by atoms with van der Waals surface area (Å²) in [6.45, 7) is 3.80. The van der Waals surface area contributed by atoms with Crippen LogP contribution in [0.15, 0.2) is 22.9 Å². The van der Waals surface area contributed by atoms with Crippen LogP contribution < -0.4 is 4.90 Å². The molecule has 0 bridgehead atoms. The van der Waals surface area contributed by atoms with Gasteiger partial charge >= 0.3 is 0 Å². The maximum absolute atomic E-state index is 6.21. The highest BCUT2D eigenvalue weighted by Crippen LogP contribution is 2.25. The lowest BCUT2D eigenvalue weighted by atomic mass is 10.1. The van der Waals surface area contributed by atoms with Crippen molar-refractivity contribution >= 4 is 21.6 Å². The zero-order valence-electron chi connectivity index (χ0n) is 11.6. The predicted molar refractivity (Wildman–Crippen MR) is 82.1 cm³/mol. The van der Waals surface area contributed by atoms with Gasteiger partial charge in [0.2, 0.25) is 0 Å². The highest BCUT2D eigenvalue weighted by molar-refractivity contribution is 9.10. The van der Waals surface area contributed by atoms with E-state index >= 15 is 0 Å². The molecule has 0 amide bonds. The molecule has 20 heavy (non-hydrogen) atoms. The van der Waals surface area contributed by atoms with Crippen molar-refractivity contribution in [1.82, 2.24) is 4.98 Å². The molecule has 0 atom stereocenters. The standard InChI is InChI=1S/C15H21BrN2O2/c16-12-9-13(11-17-10-12)18-5-1-14(2-6-18)20-15-3-7-19-8-4-15/h9-11,14-15H,1-8H2. The molecule has 2 aliphatic rings. The number of rotatable bonds is 3. The van der Waals surface area contributed by atoms with Gasteiger partial charge in [0.05, 0.1) is 24.1 Å². The summed E-state index contributed by atoms with van der Waals surface area (Å²) >= 11 is 3.48. The predicted octanol–water partition coefficient (Wildman–Crippen LogP) is 3.01. The molecule has 0 saturated carbocycles. The molecule has 0 spiro atoms. The Kier molecular flexibility index (Phi) is 4.91. The molecule has 2 saturated heterocycles. The van der Waals surface area contributed by atoms with Crippen LogP contribution in [0, 0.1) is 0 Å². The summed E-state index contributed by atoms with van der Waals surface area (Å²) < 4.78 is 12.6. The molecule has 3 rings (SSSR count). The zero-order chi connectivity index (χ0) is 13.8. The first-order valence-corrected chi connectivity index (χ1v) is 8.19. The fraction of sp³-hybridized carbons (Fsp3) is 0.667. The van der Waals surface area contributed by atoms with Gasteiger partial charge in [0.15, 0.2) is 0 Å². The van der Waals surface area contributed by atoms with Crippen molar-refractivity contribution < 1.29 is 9.47 Å². The highest BCUT2D eigenvalue weighted by atomic mass is 79.9. The van der Waals surface area contributed by atoms with Crippen LogP contribution in [0.25, 0.3) is 0 Å². The second-order valence-corrected chi connectivity index (χ2v) is 6.41. The molecule has 0 aromatic carbocycles. The average Bonchev–Trinajstić information content (AvgIpc) is 2.49. The van der Waals surface area contributed by atoms with E-state index < -0.39 is 0 Å². The van der Waals surface area contributed by atoms with E-state index in [0.717, 1.165) is 56.5 Å². The normalized spacial score (nSPS) is 22.1. The molecule has 0 aliphatic carbocycles. The van der Waals surface area contributed by atoms with Crippen molar-refractivity contribution in [3.8, 4) is 0 Å². The molecular weight excluding hydrogens is 320 g/mol. The summed E-state index contributed by atoms with van der Waals surface area (Å²) in [6, 6.07) is 2.13. The minimum absolute atomic E-state index is 0.410. The SMILES string of the molecule is Brc1cncc(N2CCC(OC3CCOCC3)CC2)c1. The van der Waals surface area contributed by atoms with Crippen molar-refractivity contribution in [3.05, 3.63) is 22.9 Å². The summed E-state index contributed by atoms with van der Waals surface area (Å²) in [5.41, 5.74) is 1.20. The lowest BCUT2D eigenvalue weighted by molar-refractivity contribution is -0.0743. The summed E-state index contributed by atoms with van der Waals surface area (Å²) in [5.74, 6) is 0. The third-order valence-corrected chi connectivity index (χ3v) is 4.48. The van der Waals surface area contributed by atoms with E-state index in [4.69, 9.17) is 9.47 Å². The number of hydrogen-bond acceptors (Lipinski definition) is 4. The van der Waals surface area contributed by atoms with Crippen LogP contribution >= 0.6 is 15.9 Å². The van der Waals surface area contributed by atoms with E-state index in [1.807, 2.05) is 12.4 Å². The summed E-state index contributed by atoms with van der Waals surface area (Å²) in [5, 5.41) is 0. The molecule has 2 aliphatic heterocycles. The first-order chi connectivity index (χ1) is 9.81. The summed E-state index contributed by atoms with van der Waals surface area (Å²) in [7, 11) is 0. The monoisotopic (exact) mass is 340 g/mol. The van der Waals surface area contributed by atoms with Crippen LogP contribution in [0.1, 0.15) is 25.7 Å². The lowest BCUT2D eigenvalue weighted by Crippen LogP contribution is -2.39. The molecule has 1 aromatic rings. The topological polar surface area (TPSA) is 34.6 Å². The van der Waals surface area contributed by atoms with Crippen molar-refractivity contribution in [2.75, 3.05) is 31.2 Å². The van der Waals surface area contributed by atoms with Crippen molar-refractivity contribution in [3.63, 3.8) is 0 Å². The molecule has 4 nitrogen and oxygen atoms in total. The molecular formula is C15H21BrN2O2. The van der Waals surface area contributed by atoms with E-state index in [1.165, 1.54) is 5.69 Å². The average molecular weight is 341 g/mol. The van der Waals surface area contributed by atoms with Gasteiger partial charge < -0.3 is 14.4 Å². The van der Waals surface area contributed by atoms with Gasteiger partial charge in [0, 0.05) is 37.0 Å². The first-order valence-electron chi connectivity index (χ1n) is 7.40. The van der Waals surface area contributed by atoms with Gasteiger partial charge in [-0.05, 0) is 47.7 Å². The number of nitrogens with zero attached hydrogens (tertiary/aromatic N) is 2. The Balaban J connectivity index is 1.49. The van der Waals surface area contributed by atoms with Crippen LogP contribution in [0.3, 0.4) is 0 Å². The van der Waals surface area contributed by atoms with E-state index in [-0.39, 0.29) is 0 Å². The molecule has 1 aromatic heterocycles. The Hall–Kier alpha value is -0.650. The number of halogens is 1. The third kappa shape index (κ3) is 3.71. The second-order valence-electron chi connectivity index (χ2n) is 5.50. The lowest BCUT2D eigenvalue weighted by Gasteiger charge is -2.35. The van der Waals surface area contributed by atoms with Gasteiger partial charge in [-0.2, -0.15) is 0 Å². The van der Waals surface area contributed by atoms with Gasteiger partial charge in [-0.1, -0.05) is 0 Å². The van der Waals surface area contributed by atoms with Crippen molar-refractivity contribution in [1.29, 1.82) is 0 Å². The van der Waals surface area contributed by atoms with Crippen LogP contribution in [0.2, 0.25) is 0 Å². The summed E-state index contributed by atoms with van der Waals surface area (Å²) in [6.07, 6.45) is 8.89. The van der Waals surface area contributed by atoms with Crippen LogP contribution in [-0.2, 0) is 9.47 Å². The Labute approximate surface area is 128 Å². The second kappa shape index (κ2) is 6.87. The molecule has 5 heteroatoms.